The van der Waals surface area contributed by atoms with Crippen molar-refractivity contribution in [1.29, 1.82) is 0 Å². The quantitative estimate of drug-likeness (QED) is 0.849. The third-order valence-electron chi connectivity index (χ3n) is 4.81. The van der Waals surface area contributed by atoms with Crippen LogP contribution in [-0.2, 0) is 16.6 Å². The molecule has 2 nitrogen and oxygen atoms in total. The highest BCUT2D eigenvalue weighted by Crippen LogP contribution is 2.43. The zero-order valence-corrected chi connectivity index (χ0v) is 12.5. The predicted molar refractivity (Wildman–Crippen MR) is 80.6 cm³/mol. The predicted octanol–water partition coefficient (Wildman–Crippen LogP) is 3.15. The van der Waals surface area contributed by atoms with Crippen molar-refractivity contribution in [2.75, 3.05) is 27.3 Å². The zero-order valence-electron chi connectivity index (χ0n) is 12.5. The Morgan fingerprint density at radius 1 is 1.37 bits per heavy atom. The van der Waals surface area contributed by atoms with Crippen molar-refractivity contribution in [3.8, 4) is 0 Å². The van der Waals surface area contributed by atoms with E-state index in [1.54, 1.807) is 18.2 Å². The number of aryl methyl sites for hydroxylation is 1. The van der Waals surface area contributed by atoms with Gasteiger partial charge in [0.2, 0.25) is 0 Å². The number of nitrogens with one attached hydrogen (secondary N) is 1. The van der Waals surface area contributed by atoms with Crippen molar-refractivity contribution in [2.24, 2.45) is 5.92 Å². The first-order valence-corrected chi connectivity index (χ1v) is 7.46. The first-order chi connectivity index (χ1) is 9.24. The molecule has 0 saturated heterocycles. The topological polar surface area (TPSA) is 21.3 Å². The van der Waals surface area contributed by atoms with E-state index in [4.69, 9.17) is 4.74 Å². The van der Waals surface area contributed by atoms with Crippen LogP contribution in [0.1, 0.15) is 37.3 Å². The Kier molecular flexibility index (Phi) is 5.00. The standard InChI is InChI=1S/C17H27NO/c1-14(10-12-19-3)17(13-18-2)11-6-8-15-7-4-5-9-16(15)17/h4-5,7,9,14,18H,6,8,10-13H2,1-3H3. The highest BCUT2D eigenvalue weighted by molar-refractivity contribution is 5.38. The lowest BCUT2D eigenvalue weighted by atomic mass is 9.62. The number of likely N-dealkylation sites (N-methyl/N-ethyl adjacent to an activating group) is 1. The van der Waals surface area contributed by atoms with E-state index in [9.17, 15) is 0 Å². The Morgan fingerprint density at radius 3 is 2.89 bits per heavy atom. The third kappa shape index (κ3) is 2.85. The Morgan fingerprint density at radius 2 is 2.16 bits per heavy atom. The van der Waals surface area contributed by atoms with E-state index in [0.717, 1.165) is 19.6 Å². The summed E-state index contributed by atoms with van der Waals surface area (Å²) in [6.07, 6.45) is 4.96. The molecule has 1 N–H and O–H groups in total. The molecule has 0 heterocycles. The molecule has 2 unspecified atom stereocenters. The Hall–Kier alpha value is -0.860. The molecule has 0 fully saturated rings. The van der Waals surface area contributed by atoms with Crippen molar-refractivity contribution in [2.45, 2.75) is 38.0 Å². The van der Waals surface area contributed by atoms with Crippen LogP contribution in [0.15, 0.2) is 24.3 Å². The maximum atomic E-state index is 5.29. The molecule has 2 atom stereocenters. The van der Waals surface area contributed by atoms with Gasteiger partial charge in [0.05, 0.1) is 0 Å². The number of benzene rings is 1. The van der Waals surface area contributed by atoms with Gasteiger partial charge in [0.25, 0.3) is 0 Å². The molecule has 0 saturated carbocycles. The molecule has 2 rings (SSSR count). The van der Waals surface area contributed by atoms with Crippen LogP contribution in [0.25, 0.3) is 0 Å². The molecule has 0 aliphatic heterocycles. The minimum Gasteiger partial charge on any atom is -0.385 e. The lowest BCUT2D eigenvalue weighted by molar-refractivity contribution is 0.144. The van der Waals surface area contributed by atoms with E-state index in [1.165, 1.54) is 19.3 Å². The maximum absolute atomic E-state index is 5.29. The van der Waals surface area contributed by atoms with Gasteiger partial charge in [0, 0.05) is 25.7 Å². The van der Waals surface area contributed by atoms with Gasteiger partial charge in [0.1, 0.15) is 0 Å². The van der Waals surface area contributed by atoms with Crippen LogP contribution in [-0.4, -0.2) is 27.3 Å². The van der Waals surface area contributed by atoms with E-state index in [2.05, 4.69) is 43.6 Å². The number of methoxy groups -OCH3 is 1. The van der Waals surface area contributed by atoms with Crippen molar-refractivity contribution in [3.63, 3.8) is 0 Å². The van der Waals surface area contributed by atoms with E-state index in [0.29, 0.717) is 5.92 Å². The largest absolute Gasteiger partial charge is 0.385 e. The van der Waals surface area contributed by atoms with E-state index in [-0.39, 0.29) is 5.41 Å². The van der Waals surface area contributed by atoms with Gasteiger partial charge in [-0.2, -0.15) is 0 Å². The normalized spacial score (nSPS) is 23.9. The lowest BCUT2D eigenvalue weighted by Gasteiger charge is -2.44. The third-order valence-corrected chi connectivity index (χ3v) is 4.81. The van der Waals surface area contributed by atoms with Gasteiger partial charge in [-0.25, -0.2) is 0 Å². The molecule has 1 aliphatic carbocycles. The van der Waals surface area contributed by atoms with Crippen LogP contribution < -0.4 is 5.32 Å². The summed E-state index contributed by atoms with van der Waals surface area (Å²) >= 11 is 0. The average molecular weight is 261 g/mol. The van der Waals surface area contributed by atoms with Crippen molar-refractivity contribution < 1.29 is 4.74 Å². The van der Waals surface area contributed by atoms with Crippen molar-refractivity contribution in [1.82, 2.24) is 5.32 Å². The first kappa shape index (κ1) is 14.5. The summed E-state index contributed by atoms with van der Waals surface area (Å²) in [5.74, 6) is 0.640. The van der Waals surface area contributed by atoms with E-state index < -0.39 is 0 Å². The van der Waals surface area contributed by atoms with Crippen LogP contribution >= 0.6 is 0 Å². The summed E-state index contributed by atoms with van der Waals surface area (Å²) < 4.78 is 5.29. The second kappa shape index (κ2) is 6.53. The van der Waals surface area contributed by atoms with E-state index in [1.807, 2.05) is 0 Å². The minimum atomic E-state index is 0.280. The van der Waals surface area contributed by atoms with Gasteiger partial charge in [-0.1, -0.05) is 31.2 Å². The number of fused-ring (bicyclic) bond motifs is 1. The number of ether oxygens (including phenoxy) is 1. The van der Waals surface area contributed by atoms with Crippen LogP contribution in [0.3, 0.4) is 0 Å². The Labute approximate surface area is 117 Å². The van der Waals surface area contributed by atoms with Gasteiger partial charge in [-0.3, -0.25) is 0 Å². The number of hydrogen-bond donors (Lipinski definition) is 1. The first-order valence-electron chi connectivity index (χ1n) is 7.46. The summed E-state index contributed by atoms with van der Waals surface area (Å²) in [6, 6.07) is 9.02. The minimum absolute atomic E-state index is 0.280. The smallest absolute Gasteiger partial charge is 0.0465 e. The fraction of sp³-hybridized carbons (Fsp3) is 0.647. The second-order valence-electron chi connectivity index (χ2n) is 5.88. The van der Waals surface area contributed by atoms with Crippen molar-refractivity contribution in [3.05, 3.63) is 35.4 Å². The van der Waals surface area contributed by atoms with Crippen LogP contribution in [0.2, 0.25) is 0 Å². The lowest BCUT2D eigenvalue weighted by Crippen LogP contribution is -2.45. The summed E-state index contributed by atoms with van der Waals surface area (Å²) in [7, 11) is 3.87. The molecule has 0 bridgehead atoms. The molecule has 2 heteroatoms. The van der Waals surface area contributed by atoms with Crippen LogP contribution in [0, 0.1) is 5.92 Å². The molecule has 0 amide bonds. The fourth-order valence-corrected chi connectivity index (χ4v) is 3.71. The highest BCUT2D eigenvalue weighted by Gasteiger charge is 2.40. The van der Waals surface area contributed by atoms with Gasteiger partial charge in [-0.05, 0) is 49.8 Å². The molecular weight excluding hydrogens is 234 g/mol. The van der Waals surface area contributed by atoms with Gasteiger partial charge >= 0.3 is 0 Å². The maximum Gasteiger partial charge on any atom is 0.0465 e. The number of hydrogen-bond acceptors (Lipinski definition) is 2. The van der Waals surface area contributed by atoms with Crippen molar-refractivity contribution >= 4 is 0 Å². The summed E-state index contributed by atoms with van der Waals surface area (Å²) in [5, 5.41) is 3.44. The fourth-order valence-electron chi connectivity index (χ4n) is 3.71. The molecule has 0 spiro atoms. The summed E-state index contributed by atoms with van der Waals surface area (Å²) in [5.41, 5.74) is 3.40. The number of rotatable bonds is 6. The summed E-state index contributed by atoms with van der Waals surface area (Å²) in [6.45, 7) is 4.31. The van der Waals surface area contributed by atoms with E-state index >= 15 is 0 Å². The van der Waals surface area contributed by atoms with Crippen LogP contribution in [0.5, 0.6) is 0 Å². The Balaban J connectivity index is 2.34. The average Bonchev–Trinajstić information content (AvgIpc) is 2.45. The molecule has 1 aromatic carbocycles. The van der Waals surface area contributed by atoms with Gasteiger partial charge in [0.15, 0.2) is 0 Å². The SMILES string of the molecule is CNCC1(C(C)CCOC)CCCc2ccccc21. The molecular formula is C17H27NO. The Bertz CT molecular complexity index is 404. The molecule has 106 valence electrons. The second-order valence-corrected chi connectivity index (χ2v) is 5.88. The highest BCUT2D eigenvalue weighted by atomic mass is 16.5. The monoisotopic (exact) mass is 261 g/mol. The molecule has 0 aromatic heterocycles. The molecule has 1 aromatic rings. The molecule has 0 radical (unpaired) electrons. The zero-order chi connectivity index (χ0) is 13.7. The van der Waals surface area contributed by atoms with Gasteiger partial charge < -0.3 is 10.1 Å². The van der Waals surface area contributed by atoms with Gasteiger partial charge in [-0.15, -0.1) is 0 Å². The molecule has 1 aliphatic rings. The van der Waals surface area contributed by atoms with Crippen LogP contribution in [0.4, 0.5) is 0 Å². The molecule has 19 heavy (non-hydrogen) atoms. The summed E-state index contributed by atoms with van der Waals surface area (Å²) in [4.78, 5) is 0.